The average Bonchev–Trinajstić information content (AvgIpc) is 2.86. The van der Waals surface area contributed by atoms with E-state index in [0.717, 1.165) is 46.9 Å². The number of halogens is 3. The highest BCUT2D eigenvalue weighted by molar-refractivity contribution is 5.97. The first-order valence-corrected chi connectivity index (χ1v) is 12.1. The summed E-state index contributed by atoms with van der Waals surface area (Å²) in [7, 11) is 1.21. The summed E-state index contributed by atoms with van der Waals surface area (Å²) in [5.41, 5.74) is 2.68. The molecule has 0 spiro atoms. The third kappa shape index (κ3) is 7.27. The molecule has 0 aliphatic rings. The van der Waals surface area contributed by atoms with Gasteiger partial charge in [-0.05, 0) is 91.4 Å². The van der Waals surface area contributed by atoms with E-state index in [1.165, 1.54) is 7.11 Å². The Labute approximate surface area is 219 Å². The molecule has 202 valence electrons. The largest absolute Gasteiger partial charge is 0.496 e. The van der Waals surface area contributed by atoms with E-state index in [1.807, 2.05) is 38.1 Å². The molecule has 0 aliphatic carbocycles. The summed E-state index contributed by atoms with van der Waals surface area (Å²) in [6, 6.07) is 13.3. The summed E-state index contributed by atoms with van der Waals surface area (Å²) >= 11 is 0. The molecule has 0 aliphatic heterocycles. The molecule has 0 radical (unpaired) electrons. The van der Waals surface area contributed by atoms with Crippen LogP contribution in [0.1, 0.15) is 64.5 Å². The van der Waals surface area contributed by atoms with Gasteiger partial charge in [0, 0.05) is 6.42 Å². The van der Waals surface area contributed by atoms with Crippen molar-refractivity contribution in [3.63, 3.8) is 0 Å². The summed E-state index contributed by atoms with van der Waals surface area (Å²) in [4.78, 5) is 23.8. The van der Waals surface area contributed by atoms with Crippen LogP contribution in [0.15, 0.2) is 54.6 Å². The Morgan fingerprint density at radius 2 is 1.74 bits per heavy atom. The molecule has 3 rings (SSSR count). The van der Waals surface area contributed by atoms with E-state index >= 15 is 0 Å². The Balaban J connectivity index is 1.78. The number of carboxylic acid groups (broad SMARTS) is 1. The fourth-order valence-electron chi connectivity index (χ4n) is 4.11. The molecular weight excluding hydrogens is 499 g/mol. The van der Waals surface area contributed by atoms with Gasteiger partial charge in [0.1, 0.15) is 17.2 Å². The van der Waals surface area contributed by atoms with Crippen molar-refractivity contribution < 1.29 is 37.3 Å². The van der Waals surface area contributed by atoms with Crippen molar-refractivity contribution in [1.82, 2.24) is 5.32 Å². The number of carbonyl (C=O) groups excluding carboxylic acids is 1. The number of nitrogens with one attached hydrogen (secondary N) is 1. The van der Waals surface area contributed by atoms with Crippen LogP contribution in [0.2, 0.25) is 0 Å². The number of amides is 1. The van der Waals surface area contributed by atoms with Gasteiger partial charge in [0.05, 0.1) is 24.3 Å². The third-order valence-corrected chi connectivity index (χ3v) is 6.10. The van der Waals surface area contributed by atoms with Crippen molar-refractivity contribution in [2.24, 2.45) is 0 Å². The lowest BCUT2D eigenvalue weighted by atomic mass is 10.0. The second kappa shape index (κ2) is 12.0. The summed E-state index contributed by atoms with van der Waals surface area (Å²) in [5, 5.41) is 11.8. The van der Waals surface area contributed by atoms with Crippen LogP contribution in [-0.2, 0) is 23.8 Å². The molecule has 3 aromatic rings. The number of hydrogen-bond acceptors (Lipinski definition) is 4. The van der Waals surface area contributed by atoms with E-state index in [-0.39, 0.29) is 17.7 Å². The van der Waals surface area contributed by atoms with Gasteiger partial charge in [-0.25, -0.2) is 0 Å². The van der Waals surface area contributed by atoms with Gasteiger partial charge in [-0.15, -0.1) is 0 Å². The Bertz CT molecular complexity index is 1320. The van der Waals surface area contributed by atoms with E-state index < -0.39 is 29.7 Å². The Morgan fingerprint density at radius 1 is 1.00 bits per heavy atom. The van der Waals surface area contributed by atoms with Gasteiger partial charge in [0.2, 0.25) is 0 Å². The molecule has 9 heteroatoms. The lowest BCUT2D eigenvalue weighted by Crippen LogP contribution is -2.27. The number of rotatable bonds is 10. The van der Waals surface area contributed by atoms with Crippen LogP contribution >= 0.6 is 0 Å². The molecular formula is C29H30F3NO5. The van der Waals surface area contributed by atoms with Crippen LogP contribution in [0.3, 0.4) is 0 Å². The molecule has 1 amide bonds. The van der Waals surface area contributed by atoms with Gasteiger partial charge in [-0.2, -0.15) is 13.2 Å². The fourth-order valence-corrected chi connectivity index (χ4v) is 4.11. The molecule has 0 bridgehead atoms. The predicted molar refractivity (Wildman–Crippen MR) is 137 cm³/mol. The molecule has 1 atom stereocenters. The maximum atomic E-state index is 13.0. The Morgan fingerprint density at radius 3 is 2.37 bits per heavy atom. The molecule has 2 N–H and O–H groups in total. The SMILES string of the molecule is CCc1cc(Oc2cc(C)cc(C(C)NC(=O)c3ccc(C(F)(F)F)cc3OC)c2)ccc1CCC(=O)O. The van der Waals surface area contributed by atoms with E-state index in [2.05, 4.69) is 5.32 Å². The molecule has 0 saturated carbocycles. The number of benzene rings is 3. The monoisotopic (exact) mass is 529 g/mol. The summed E-state index contributed by atoms with van der Waals surface area (Å²) in [6.45, 7) is 5.64. The number of ether oxygens (including phenoxy) is 2. The van der Waals surface area contributed by atoms with Crippen LogP contribution in [0, 0.1) is 6.92 Å². The first-order valence-electron chi connectivity index (χ1n) is 12.1. The number of carbonyl (C=O) groups is 2. The molecule has 3 aromatic carbocycles. The smallest absolute Gasteiger partial charge is 0.416 e. The van der Waals surface area contributed by atoms with Crippen LogP contribution in [0.4, 0.5) is 13.2 Å². The summed E-state index contributed by atoms with van der Waals surface area (Å²) in [5.74, 6) is -0.442. The highest BCUT2D eigenvalue weighted by Gasteiger charge is 2.32. The number of aryl methyl sites for hydroxylation is 3. The van der Waals surface area contributed by atoms with E-state index in [0.29, 0.717) is 17.9 Å². The van der Waals surface area contributed by atoms with Crippen molar-refractivity contribution in [3.8, 4) is 17.2 Å². The minimum Gasteiger partial charge on any atom is -0.496 e. The quantitative estimate of drug-likeness (QED) is 0.299. The molecule has 38 heavy (non-hydrogen) atoms. The van der Waals surface area contributed by atoms with Gasteiger partial charge < -0.3 is 19.9 Å². The lowest BCUT2D eigenvalue weighted by molar-refractivity contribution is -0.138. The van der Waals surface area contributed by atoms with Gasteiger partial charge in [0.15, 0.2) is 0 Å². The number of methoxy groups -OCH3 is 1. The van der Waals surface area contributed by atoms with Crippen molar-refractivity contribution >= 4 is 11.9 Å². The second-order valence-electron chi connectivity index (χ2n) is 8.97. The van der Waals surface area contributed by atoms with E-state index in [1.54, 1.807) is 19.1 Å². The standard InChI is InChI=1S/C29H30F3NO5/c1-5-19-14-23(9-6-20(19)7-11-27(34)35)38-24-13-17(2)12-21(15-24)18(3)33-28(36)25-10-8-22(29(30,31)32)16-26(25)37-4/h6,8-10,12-16,18H,5,7,11H2,1-4H3,(H,33,36)(H,34,35). The van der Waals surface area contributed by atoms with Crippen LogP contribution < -0.4 is 14.8 Å². The summed E-state index contributed by atoms with van der Waals surface area (Å²) < 4.78 is 50.2. The minimum atomic E-state index is -4.55. The number of aliphatic carboxylic acids is 1. The maximum absolute atomic E-state index is 13.0. The highest BCUT2D eigenvalue weighted by Crippen LogP contribution is 2.34. The van der Waals surface area contributed by atoms with Crippen LogP contribution in [0.5, 0.6) is 17.2 Å². The van der Waals surface area contributed by atoms with Gasteiger partial charge >= 0.3 is 12.1 Å². The molecule has 0 fully saturated rings. The molecule has 0 heterocycles. The normalized spacial score (nSPS) is 12.1. The maximum Gasteiger partial charge on any atom is 0.416 e. The summed E-state index contributed by atoms with van der Waals surface area (Å²) in [6.07, 6.45) is -3.34. The van der Waals surface area contributed by atoms with Crippen LogP contribution in [0.25, 0.3) is 0 Å². The number of hydrogen-bond donors (Lipinski definition) is 2. The topological polar surface area (TPSA) is 84.9 Å². The zero-order valence-corrected chi connectivity index (χ0v) is 21.6. The average molecular weight is 530 g/mol. The van der Waals surface area contributed by atoms with Crippen molar-refractivity contribution in [2.45, 2.75) is 52.3 Å². The van der Waals surface area contributed by atoms with Crippen molar-refractivity contribution in [3.05, 3.63) is 88.0 Å². The van der Waals surface area contributed by atoms with Gasteiger partial charge in [0.25, 0.3) is 5.91 Å². The Kier molecular flexibility index (Phi) is 9.04. The molecule has 0 saturated heterocycles. The molecule has 1 unspecified atom stereocenters. The van der Waals surface area contributed by atoms with E-state index in [4.69, 9.17) is 14.6 Å². The first-order chi connectivity index (χ1) is 17.9. The van der Waals surface area contributed by atoms with Gasteiger partial charge in [-0.1, -0.05) is 19.1 Å². The lowest BCUT2D eigenvalue weighted by Gasteiger charge is -2.18. The predicted octanol–water partition coefficient (Wildman–Crippen LogP) is 6.89. The van der Waals surface area contributed by atoms with E-state index in [9.17, 15) is 22.8 Å². The van der Waals surface area contributed by atoms with Crippen LogP contribution in [-0.4, -0.2) is 24.1 Å². The molecule has 0 aromatic heterocycles. The highest BCUT2D eigenvalue weighted by atomic mass is 19.4. The third-order valence-electron chi connectivity index (χ3n) is 6.10. The second-order valence-corrected chi connectivity index (χ2v) is 8.97. The van der Waals surface area contributed by atoms with Crippen molar-refractivity contribution in [1.29, 1.82) is 0 Å². The number of carboxylic acids is 1. The fraction of sp³-hybridized carbons (Fsp3) is 0.310. The zero-order valence-electron chi connectivity index (χ0n) is 21.6. The molecule has 6 nitrogen and oxygen atoms in total. The Hall–Kier alpha value is -4.01. The van der Waals surface area contributed by atoms with Gasteiger partial charge in [-0.3, -0.25) is 9.59 Å². The minimum absolute atomic E-state index is 0.00782. The zero-order chi connectivity index (χ0) is 28.0. The van der Waals surface area contributed by atoms with Crippen molar-refractivity contribution in [2.75, 3.05) is 7.11 Å². The number of alkyl halides is 3. The first kappa shape index (κ1) is 28.6.